The summed E-state index contributed by atoms with van der Waals surface area (Å²) < 4.78 is 5.52. The van der Waals surface area contributed by atoms with E-state index in [0.29, 0.717) is 42.5 Å². The number of carbonyl (C=O) groups excluding carboxylic acids is 2. The molecule has 1 aromatic heterocycles. The summed E-state index contributed by atoms with van der Waals surface area (Å²) in [4.78, 5) is 40.0. The molecule has 5 rings (SSSR count). The first-order valence-electron chi connectivity index (χ1n) is 12.3. The number of para-hydroxylation sites is 1. The Morgan fingerprint density at radius 2 is 1.68 bits per heavy atom. The number of aromatic nitrogens is 2. The van der Waals surface area contributed by atoms with Gasteiger partial charge in [-0.1, -0.05) is 47.6 Å². The number of carbonyl (C=O) groups is 2. The Balaban J connectivity index is 1.11. The Labute approximate surface area is 238 Å². The topological polar surface area (TPSA) is 135 Å². The van der Waals surface area contributed by atoms with Crippen LogP contribution in [0.1, 0.15) is 10.4 Å². The Kier molecular flexibility index (Phi) is 8.27. The lowest BCUT2D eigenvalue weighted by molar-refractivity contribution is -0.384. The van der Waals surface area contributed by atoms with Crippen LogP contribution < -0.4 is 10.2 Å². The Morgan fingerprint density at radius 3 is 2.40 bits per heavy atom. The highest BCUT2D eigenvalue weighted by Crippen LogP contribution is 2.30. The molecule has 0 atom stereocenters. The Hall–Kier alpha value is -4.42. The lowest BCUT2D eigenvalue weighted by Crippen LogP contribution is -2.48. The lowest BCUT2D eigenvalue weighted by atomic mass is 10.1. The number of rotatable bonds is 8. The summed E-state index contributed by atoms with van der Waals surface area (Å²) >= 11 is 7.22. The molecule has 1 N–H and O–H groups in total. The van der Waals surface area contributed by atoms with Crippen LogP contribution in [0.25, 0.3) is 11.5 Å². The number of halogens is 1. The van der Waals surface area contributed by atoms with E-state index in [1.165, 1.54) is 12.1 Å². The van der Waals surface area contributed by atoms with Gasteiger partial charge in [-0.3, -0.25) is 19.7 Å². The van der Waals surface area contributed by atoms with Crippen LogP contribution in [-0.4, -0.2) is 63.8 Å². The number of thioether (sulfide) groups is 1. The molecule has 11 nitrogen and oxygen atoms in total. The number of nitrogens with one attached hydrogen (secondary N) is 1. The van der Waals surface area contributed by atoms with Crippen molar-refractivity contribution < 1.29 is 18.9 Å². The average molecular weight is 579 g/mol. The smallest absolute Gasteiger partial charge is 0.282 e. The Bertz CT molecular complexity index is 1540. The molecule has 13 heteroatoms. The van der Waals surface area contributed by atoms with Crippen LogP contribution in [0.2, 0.25) is 5.02 Å². The molecular weight excluding hydrogens is 556 g/mol. The number of anilines is 2. The van der Waals surface area contributed by atoms with Gasteiger partial charge in [0.05, 0.1) is 21.3 Å². The number of benzene rings is 3. The number of hydrogen-bond acceptors (Lipinski definition) is 9. The van der Waals surface area contributed by atoms with E-state index in [0.717, 1.165) is 17.4 Å². The molecular formula is C27H23ClN6O5S. The standard InChI is InChI=1S/C27H23ClN6O5S/c28-22-7-3-1-5-20(22)26(36)33-15-13-32(14-16-33)19-11-9-18(10-12-19)29-24(35)17-40-27-31-30-25(39-27)21-6-2-4-8-23(21)34(37)38/h1-12H,13-17H2,(H,29,35). The van der Waals surface area contributed by atoms with E-state index in [1.54, 1.807) is 41.3 Å². The van der Waals surface area contributed by atoms with Crippen molar-refractivity contribution in [2.24, 2.45) is 0 Å². The average Bonchev–Trinajstić information content (AvgIpc) is 3.45. The highest BCUT2D eigenvalue weighted by Gasteiger charge is 2.24. The molecule has 1 fully saturated rings. The van der Waals surface area contributed by atoms with Crippen LogP contribution >= 0.6 is 23.4 Å². The third-order valence-corrected chi connectivity index (χ3v) is 7.40. The maximum Gasteiger partial charge on any atom is 0.282 e. The zero-order chi connectivity index (χ0) is 28.1. The summed E-state index contributed by atoms with van der Waals surface area (Å²) in [5, 5.41) is 22.4. The molecule has 0 radical (unpaired) electrons. The predicted octanol–water partition coefficient (Wildman–Crippen LogP) is 4.99. The van der Waals surface area contributed by atoms with Crippen molar-refractivity contribution in [3.63, 3.8) is 0 Å². The molecule has 2 amide bonds. The highest BCUT2D eigenvalue weighted by atomic mass is 35.5. The number of nitro benzene ring substituents is 1. The maximum atomic E-state index is 12.8. The zero-order valence-corrected chi connectivity index (χ0v) is 22.6. The summed E-state index contributed by atoms with van der Waals surface area (Å²) in [6.07, 6.45) is 0. The van der Waals surface area contributed by atoms with E-state index in [2.05, 4.69) is 20.4 Å². The second-order valence-electron chi connectivity index (χ2n) is 8.79. The second-order valence-corrected chi connectivity index (χ2v) is 10.1. The fraction of sp³-hybridized carbons (Fsp3) is 0.185. The fourth-order valence-electron chi connectivity index (χ4n) is 4.24. The van der Waals surface area contributed by atoms with Gasteiger partial charge in [-0.05, 0) is 42.5 Å². The molecule has 204 valence electrons. The predicted molar refractivity (Wildman–Crippen MR) is 152 cm³/mol. The van der Waals surface area contributed by atoms with Crippen LogP contribution in [0.15, 0.2) is 82.4 Å². The minimum absolute atomic E-state index is 0.0138. The zero-order valence-electron chi connectivity index (χ0n) is 21.0. The first-order chi connectivity index (χ1) is 19.4. The van der Waals surface area contributed by atoms with Crippen molar-refractivity contribution in [1.29, 1.82) is 0 Å². The Morgan fingerprint density at radius 1 is 0.975 bits per heavy atom. The third-order valence-electron chi connectivity index (χ3n) is 6.25. The minimum atomic E-state index is -0.520. The van der Waals surface area contributed by atoms with Gasteiger partial charge in [-0.25, -0.2) is 0 Å². The monoisotopic (exact) mass is 578 g/mol. The summed E-state index contributed by atoms with van der Waals surface area (Å²) in [7, 11) is 0. The highest BCUT2D eigenvalue weighted by molar-refractivity contribution is 7.99. The van der Waals surface area contributed by atoms with Gasteiger partial charge in [0.25, 0.3) is 22.7 Å². The number of nitrogens with zero attached hydrogens (tertiary/aromatic N) is 5. The molecule has 0 aliphatic carbocycles. The van der Waals surface area contributed by atoms with E-state index >= 15 is 0 Å². The number of amides is 2. The molecule has 40 heavy (non-hydrogen) atoms. The largest absolute Gasteiger partial charge is 0.411 e. The van der Waals surface area contributed by atoms with Crippen molar-refractivity contribution in [3.8, 4) is 11.5 Å². The van der Waals surface area contributed by atoms with Crippen molar-refractivity contribution in [3.05, 3.63) is 93.5 Å². The van der Waals surface area contributed by atoms with E-state index in [-0.39, 0.29) is 39.9 Å². The third kappa shape index (κ3) is 6.24. The molecule has 1 saturated heterocycles. The van der Waals surface area contributed by atoms with Crippen LogP contribution in [0.5, 0.6) is 0 Å². The quantitative estimate of drug-likeness (QED) is 0.174. The van der Waals surface area contributed by atoms with Crippen molar-refractivity contribution in [2.75, 3.05) is 42.1 Å². The summed E-state index contributed by atoms with van der Waals surface area (Å²) in [5.41, 5.74) is 2.20. The fourth-order valence-corrected chi connectivity index (χ4v) is 5.02. The molecule has 2 heterocycles. The van der Waals surface area contributed by atoms with Crippen molar-refractivity contribution in [2.45, 2.75) is 5.22 Å². The van der Waals surface area contributed by atoms with Gasteiger partial charge in [0.1, 0.15) is 5.56 Å². The van der Waals surface area contributed by atoms with Gasteiger partial charge in [0, 0.05) is 43.6 Å². The van der Waals surface area contributed by atoms with E-state index in [9.17, 15) is 19.7 Å². The van der Waals surface area contributed by atoms with Crippen LogP contribution in [-0.2, 0) is 4.79 Å². The minimum Gasteiger partial charge on any atom is -0.411 e. The summed E-state index contributed by atoms with van der Waals surface area (Å²) in [6, 6.07) is 20.6. The lowest BCUT2D eigenvalue weighted by Gasteiger charge is -2.36. The number of hydrogen-bond donors (Lipinski definition) is 1. The van der Waals surface area contributed by atoms with Crippen LogP contribution in [0.3, 0.4) is 0 Å². The maximum absolute atomic E-state index is 12.8. The molecule has 0 spiro atoms. The molecule has 0 unspecified atom stereocenters. The van der Waals surface area contributed by atoms with Gasteiger partial charge in [0.2, 0.25) is 5.91 Å². The number of nitro groups is 1. The molecule has 4 aromatic rings. The number of piperazine rings is 1. The first kappa shape index (κ1) is 27.2. The summed E-state index contributed by atoms with van der Waals surface area (Å²) in [6.45, 7) is 2.51. The van der Waals surface area contributed by atoms with E-state index < -0.39 is 4.92 Å². The van der Waals surface area contributed by atoms with Gasteiger partial charge in [-0.15, -0.1) is 10.2 Å². The molecule has 0 saturated carbocycles. The first-order valence-corrected chi connectivity index (χ1v) is 13.6. The van der Waals surface area contributed by atoms with E-state index in [4.69, 9.17) is 16.0 Å². The van der Waals surface area contributed by atoms with Gasteiger partial charge in [0.15, 0.2) is 0 Å². The van der Waals surface area contributed by atoms with Crippen LogP contribution in [0, 0.1) is 10.1 Å². The second kappa shape index (κ2) is 12.2. The van der Waals surface area contributed by atoms with Gasteiger partial charge in [-0.2, -0.15) is 0 Å². The normalized spacial score (nSPS) is 13.2. The van der Waals surface area contributed by atoms with Crippen molar-refractivity contribution in [1.82, 2.24) is 15.1 Å². The SMILES string of the molecule is O=C(CSc1nnc(-c2ccccc2[N+](=O)[O-])o1)Nc1ccc(N2CCN(C(=O)c3ccccc3Cl)CC2)cc1. The van der Waals surface area contributed by atoms with Crippen LogP contribution in [0.4, 0.5) is 17.1 Å². The van der Waals surface area contributed by atoms with Gasteiger partial charge >= 0.3 is 0 Å². The molecule has 0 bridgehead atoms. The molecule has 1 aliphatic heterocycles. The van der Waals surface area contributed by atoms with E-state index in [1.807, 2.05) is 24.3 Å². The van der Waals surface area contributed by atoms with Crippen molar-refractivity contribution >= 4 is 52.2 Å². The summed E-state index contributed by atoms with van der Waals surface area (Å²) in [5.74, 6) is -0.309. The molecule has 3 aromatic carbocycles. The van der Waals surface area contributed by atoms with Gasteiger partial charge < -0.3 is 19.5 Å². The molecule has 1 aliphatic rings.